The number of nitrogens with zero attached hydrogens (tertiary/aromatic N) is 2. The molecule has 0 aliphatic carbocycles. The number of benzene rings is 1. The van der Waals surface area contributed by atoms with Crippen LogP contribution in [0.2, 0.25) is 0 Å². The zero-order valence-electron chi connectivity index (χ0n) is 13.4. The highest BCUT2D eigenvalue weighted by atomic mass is 32.1. The smallest absolute Gasteiger partial charge is 0.353 e. The summed E-state index contributed by atoms with van der Waals surface area (Å²) in [6.07, 6.45) is 0.604. The molecule has 3 rings (SSSR count). The Morgan fingerprint density at radius 1 is 1.25 bits per heavy atom. The van der Waals surface area contributed by atoms with Gasteiger partial charge >= 0.3 is 5.97 Å². The Kier molecular flexibility index (Phi) is 4.24. The molecule has 0 bridgehead atoms. The molecule has 120 valence electrons. The SMILES string of the molecule is CCc1c(C#N)c(-c2ccc(-c3cccs3)cc2)c(C(=O)O)n1C. The Bertz CT molecular complexity index is 929. The predicted octanol–water partition coefficient (Wildman–Crippen LogP) is 4.55. The molecule has 0 fully saturated rings. The molecule has 2 aromatic heterocycles. The first kappa shape index (κ1) is 16.0. The summed E-state index contributed by atoms with van der Waals surface area (Å²) in [5, 5.41) is 21.2. The number of carboxylic acid groups (broad SMARTS) is 1. The van der Waals surface area contributed by atoms with Crippen LogP contribution in [0, 0.1) is 11.3 Å². The summed E-state index contributed by atoms with van der Waals surface area (Å²) in [7, 11) is 1.70. The van der Waals surface area contributed by atoms with Crippen LogP contribution in [-0.4, -0.2) is 15.6 Å². The predicted molar refractivity (Wildman–Crippen MR) is 95.2 cm³/mol. The average molecular weight is 336 g/mol. The number of hydrogen-bond acceptors (Lipinski definition) is 3. The van der Waals surface area contributed by atoms with E-state index in [-0.39, 0.29) is 5.69 Å². The maximum Gasteiger partial charge on any atom is 0.353 e. The Hall–Kier alpha value is -2.84. The van der Waals surface area contributed by atoms with E-state index in [1.807, 2.05) is 48.7 Å². The van der Waals surface area contributed by atoms with E-state index in [0.717, 1.165) is 21.7 Å². The van der Waals surface area contributed by atoms with E-state index < -0.39 is 5.97 Å². The number of carbonyl (C=O) groups is 1. The fraction of sp³-hybridized carbons (Fsp3) is 0.158. The van der Waals surface area contributed by atoms with Gasteiger partial charge in [0.15, 0.2) is 0 Å². The van der Waals surface area contributed by atoms with Gasteiger partial charge in [0.25, 0.3) is 0 Å². The van der Waals surface area contributed by atoms with Crippen molar-refractivity contribution in [2.24, 2.45) is 7.05 Å². The van der Waals surface area contributed by atoms with Gasteiger partial charge in [-0.3, -0.25) is 0 Å². The van der Waals surface area contributed by atoms with Crippen molar-refractivity contribution in [1.82, 2.24) is 4.57 Å². The molecule has 0 saturated carbocycles. The minimum absolute atomic E-state index is 0.160. The molecule has 1 aromatic carbocycles. The molecule has 5 heteroatoms. The molecule has 0 aliphatic heterocycles. The van der Waals surface area contributed by atoms with Crippen molar-refractivity contribution < 1.29 is 9.90 Å². The van der Waals surface area contributed by atoms with Crippen molar-refractivity contribution in [3.63, 3.8) is 0 Å². The van der Waals surface area contributed by atoms with E-state index in [1.165, 1.54) is 0 Å². The van der Waals surface area contributed by atoms with E-state index >= 15 is 0 Å². The fourth-order valence-corrected chi connectivity index (χ4v) is 3.78. The van der Waals surface area contributed by atoms with Crippen LogP contribution in [0.1, 0.15) is 28.7 Å². The van der Waals surface area contributed by atoms with Crippen LogP contribution in [0.25, 0.3) is 21.6 Å². The van der Waals surface area contributed by atoms with Gasteiger partial charge in [0.1, 0.15) is 11.8 Å². The van der Waals surface area contributed by atoms with Crippen molar-refractivity contribution >= 4 is 17.3 Å². The number of aromatic carboxylic acids is 1. The molecule has 24 heavy (non-hydrogen) atoms. The van der Waals surface area contributed by atoms with Gasteiger partial charge < -0.3 is 9.67 Å². The van der Waals surface area contributed by atoms with Gasteiger partial charge in [-0.15, -0.1) is 11.3 Å². The van der Waals surface area contributed by atoms with Crippen LogP contribution < -0.4 is 0 Å². The lowest BCUT2D eigenvalue weighted by molar-refractivity contribution is 0.0687. The summed E-state index contributed by atoms with van der Waals surface area (Å²) in [5.41, 5.74) is 3.68. The highest BCUT2D eigenvalue weighted by Gasteiger charge is 2.25. The summed E-state index contributed by atoms with van der Waals surface area (Å²) in [4.78, 5) is 12.9. The van der Waals surface area contributed by atoms with Crippen LogP contribution in [0.3, 0.4) is 0 Å². The molecular weight excluding hydrogens is 320 g/mol. The minimum Gasteiger partial charge on any atom is -0.477 e. The van der Waals surface area contributed by atoms with Gasteiger partial charge in [-0.05, 0) is 29.0 Å². The van der Waals surface area contributed by atoms with E-state index in [9.17, 15) is 15.2 Å². The van der Waals surface area contributed by atoms with Crippen molar-refractivity contribution in [3.05, 3.63) is 58.7 Å². The summed E-state index contributed by atoms with van der Waals surface area (Å²) in [5.74, 6) is -1.02. The van der Waals surface area contributed by atoms with Crippen molar-refractivity contribution in [2.75, 3.05) is 0 Å². The molecule has 0 unspecified atom stereocenters. The van der Waals surface area contributed by atoms with Crippen LogP contribution in [-0.2, 0) is 13.5 Å². The van der Waals surface area contributed by atoms with Crippen LogP contribution in [0.5, 0.6) is 0 Å². The summed E-state index contributed by atoms with van der Waals surface area (Å²) >= 11 is 1.65. The van der Waals surface area contributed by atoms with Gasteiger partial charge in [0.05, 0.1) is 5.56 Å². The quantitative estimate of drug-likeness (QED) is 0.760. The molecule has 0 spiro atoms. The molecule has 0 amide bonds. The second-order valence-electron chi connectivity index (χ2n) is 5.43. The lowest BCUT2D eigenvalue weighted by Gasteiger charge is -2.05. The van der Waals surface area contributed by atoms with E-state index in [0.29, 0.717) is 17.5 Å². The van der Waals surface area contributed by atoms with E-state index in [4.69, 9.17) is 0 Å². The number of nitriles is 1. The Balaban J connectivity index is 2.19. The van der Waals surface area contributed by atoms with Crippen LogP contribution >= 0.6 is 11.3 Å². The van der Waals surface area contributed by atoms with E-state index in [1.54, 1.807) is 23.0 Å². The van der Waals surface area contributed by atoms with Crippen molar-refractivity contribution in [1.29, 1.82) is 5.26 Å². The molecule has 3 aromatic rings. The number of hydrogen-bond donors (Lipinski definition) is 1. The summed E-state index contributed by atoms with van der Waals surface area (Å²) in [6, 6.07) is 13.9. The number of thiophene rings is 1. The number of rotatable bonds is 4. The highest BCUT2D eigenvalue weighted by molar-refractivity contribution is 7.13. The molecule has 1 N–H and O–H groups in total. The summed E-state index contributed by atoms with van der Waals surface area (Å²) in [6.45, 7) is 1.92. The number of carboxylic acids is 1. The first-order valence-corrected chi connectivity index (χ1v) is 8.45. The van der Waals surface area contributed by atoms with Gasteiger partial charge in [-0.25, -0.2) is 4.79 Å². The third-order valence-electron chi connectivity index (χ3n) is 4.14. The minimum atomic E-state index is -1.02. The van der Waals surface area contributed by atoms with E-state index in [2.05, 4.69) is 6.07 Å². The lowest BCUT2D eigenvalue weighted by Crippen LogP contribution is -2.07. The fourth-order valence-electron chi connectivity index (χ4n) is 3.04. The monoisotopic (exact) mass is 336 g/mol. The number of aromatic nitrogens is 1. The standard InChI is InChI=1S/C19H16N2O2S/c1-3-15-14(11-20)17(18(19(22)23)21(15)2)13-8-6-12(7-9-13)16-5-4-10-24-16/h4-10H,3H2,1-2H3,(H,22,23). The maximum atomic E-state index is 11.7. The van der Waals surface area contributed by atoms with Gasteiger partial charge in [0, 0.05) is 23.2 Å². The van der Waals surface area contributed by atoms with Crippen molar-refractivity contribution in [2.45, 2.75) is 13.3 Å². The maximum absolute atomic E-state index is 11.7. The molecule has 0 radical (unpaired) electrons. The van der Waals surface area contributed by atoms with Crippen LogP contribution in [0.15, 0.2) is 41.8 Å². The average Bonchev–Trinajstić information content (AvgIpc) is 3.20. The van der Waals surface area contributed by atoms with Gasteiger partial charge in [0.2, 0.25) is 0 Å². The second kappa shape index (κ2) is 6.34. The van der Waals surface area contributed by atoms with Gasteiger partial charge in [-0.2, -0.15) is 5.26 Å². The van der Waals surface area contributed by atoms with Gasteiger partial charge in [-0.1, -0.05) is 37.3 Å². The molecule has 0 aliphatic rings. The molecular formula is C19H16N2O2S. The highest BCUT2D eigenvalue weighted by Crippen LogP contribution is 2.34. The molecule has 4 nitrogen and oxygen atoms in total. The second-order valence-corrected chi connectivity index (χ2v) is 6.38. The lowest BCUT2D eigenvalue weighted by atomic mass is 9.98. The summed E-state index contributed by atoms with van der Waals surface area (Å²) < 4.78 is 1.61. The first-order chi connectivity index (χ1) is 11.6. The normalized spacial score (nSPS) is 10.5. The van der Waals surface area contributed by atoms with Crippen LogP contribution in [0.4, 0.5) is 0 Å². The third-order valence-corrected chi connectivity index (χ3v) is 5.06. The zero-order valence-corrected chi connectivity index (χ0v) is 14.2. The molecule has 2 heterocycles. The first-order valence-electron chi connectivity index (χ1n) is 7.57. The topological polar surface area (TPSA) is 66.0 Å². The third kappa shape index (κ3) is 2.51. The molecule has 0 saturated heterocycles. The Morgan fingerprint density at radius 3 is 2.42 bits per heavy atom. The molecule has 0 atom stereocenters. The largest absolute Gasteiger partial charge is 0.477 e. The Morgan fingerprint density at radius 2 is 1.92 bits per heavy atom. The Labute approximate surface area is 144 Å². The van der Waals surface area contributed by atoms with Crippen molar-refractivity contribution in [3.8, 4) is 27.6 Å². The zero-order chi connectivity index (χ0) is 17.3.